The number of rotatable bonds is 20. The highest BCUT2D eigenvalue weighted by atomic mass is 28.4. The fraction of sp³-hybridized carbons (Fsp3) is 0.815. The fourth-order valence-corrected chi connectivity index (χ4v) is 6.99. The zero-order chi connectivity index (χ0) is 23.5. The van der Waals surface area contributed by atoms with Crippen LogP contribution in [0.15, 0.2) is 23.8 Å². The molecule has 1 unspecified atom stereocenters. The first kappa shape index (κ1) is 30.1. The van der Waals surface area contributed by atoms with Crippen molar-refractivity contribution in [3.63, 3.8) is 0 Å². The van der Waals surface area contributed by atoms with Gasteiger partial charge in [-0.15, -0.1) is 0 Å². The lowest BCUT2D eigenvalue weighted by Gasteiger charge is -2.34. The van der Waals surface area contributed by atoms with E-state index in [2.05, 4.69) is 40.3 Å². The van der Waals surface area contributed by atoms with Crippen molar-refractivity contribution in [2.24, 2.45) is 0 Å². The molecule has 3 nitrogen and oxygen atoms in total. The maximum Gasteiger partial charge on any atom is 0.336 e. The summed E-state index contributed by atoms with van der Waals surface area (Å²) in [5.41, 5.74) is 1.54. The Kier molecular flexibility index (Phi) is 18.1. The number of hydrogen-bond acceptors (Lipinski definition) is 3. The topological polar surface area (TPSA) is 35.5 Å². The van der Waals surface area contributed by atoms with Crippen LogP contribution in [0.3, 0.4) is 0 Å². The van der Waals surface area contributed by atoms with E-state index < -0.39 is 8.32 Å². The van der Waals surface area contributed by atoms with Crippen LogP contribution >= 0.6 is 0 Å². The van der Waals surface area contributed by atoms with Crippen molar-refractivity contribution < 1.29 is 14.0 Å². The molecule has 0 rings (SSSR count). The van der Waals surface area contributed by atoms with Gasteiger partial charge in [-0.25, -0.2) is 4.79 Å². The first-order chi connectivity index (χ1) is 14.9. The summed E-state index contributed by atoms with van der Waals surface area (Å²) in [4.78, 5) is 12.5. The number of esters is 1. The SMILES string of the molecule is C=C(C)C(O[Si](CC)(CC)CC)/C(=C\CCCCCCCCCCCCC)C(=O)OC. The van der Waals surface area contributed by atoms with Crippen molar-refractivity contribution in [2.75, 3.05) is 7.11 Å². The second-order valence-corrected chi connectivity index (χ2v) is 13.8. The summed E-state index contributed by atoms with van der Waals surface area (Å²) in [6.45, 7) is 15.0. The van der Waals surface area contributed by atoms with E-state index in [0.717, 1.165) is 36.5 Å². The summed E-state index contributed by atoms with van der Waals surface area (Å²) in [6, 6.07) is 3.16. The second-order valence-electron chi connectivity index (χ2n) is 9.06. The van der Waals surface area contributed by atoms with Gasteiger partial charge in [-0.3, -0.25) is 0 Å². The smallest absolute Gasteiger partial charge is 0.336 e. The predicted molar refractivity (Wildman–Crippen MR) is 138 cm³/mol. The number of carbonyl (C=O) groups is 1. The van der Waals surface area contributed by atoms with E-state index >= 15 is 0 Å². The monoisotopic (exact) mass is 452 g/mol. The van der Waals surface area contributed by atoms with Gasteiger partial charge >= 0.3 is 5.97 Å². The van der Waals surface area contributed by atoms with Gasteiger partial charge in [0, 0.05) is 0 Å². The molecular weight excluding hydrogens is 400 g/mol. The average Bonchev–Trinajstić information content (AvgIpc) is 2.78. The molecule has 182 valence electrons. The van der Waals surface area contributed by atoms with Crippen molar-refractivity contribution in [2.45, 2.75) is 136 Å². The minimum absolute atomic E-state index is 0.276. The average molecular weight is 453 g/mol. The highest BCUT2D eigenvalue weighted by Crippen LogP contribution is 2.29. The molecule has 0 saturated heterocycles. The fourth-order valence-electron chi connectivity index (χ4n) is 4.16. The molecule has 0 radical (unpaired) electrons. The zero-order valence-electron chi connectivity index (χ0n) is 21.7. The Labute approximate surface area is 195 Å². The summed E-state index contributed by atoms with van der Waals surface area (Å²) in [7, 11) is -0.402. The van der Waals surface area contributed by atoms with Crippen molar-refractivity contribution in [1.29, 1.82) is 0 Å². The number of unbranched alkanes of at least 4 members (excludes halogenated alkanes) is 11. The molecule has 31 heavy (non-hydrogen) atoms. The quantitative estimate of drug-likeness (QED) is 0.0608. The first-order valence-electron chi connectivity index (χ1n) is 13.0. The first-order valence-corrected chi connectivity index (χ1v) is 15.6. The molecule has 0 aliphatic rings. The van der Waals surface area contributed by atoms with Crippen LogP contribution in [0.2, 0.25) is 18.1 Å². The van der Waals surface area contributed by atoms with Crippen molar-refractivity contribution in [3.8, 4) is 0 Å². The largest absolute Gasteiger partial charge is 0.466 e. The van der Waals surface area contributed by atoms with Crippen LogP contribution in [0.5, 0.6) is 0 Å². The molecule has 0 saturated carbocycles. The van der Waals surface area contributed by atoms with E-state index in [1.807, 2.05) is 6.92 Å². The van der Waals surface area contributed by atoms with E-state index in [1.165, 1.54) is 71.3 Å². The van der Waals surface area contributed by atoms with Crippen molar-refractivity contribution in [1.82, 2.24) is 0 Å². The standard InChI is InChI=1S/C27H52O3Si/c1-8-12-13-14-15-16-17-18-19-20-21-22-23-25(27(28)29-7)26(24(5)6)30-31(9-2,10-3)11-4/h23,26H,5,8-22H2,1-4,6-7H3/b25-23+. The van der Waals surface area contributed by atoms with Crippen LogP contribution in [0.4, 0.5) is 0 Å². The summed E-state index contributed by atoms with van der Waals surface area (Å²) in [5.74, 6) is -0.276. The van der Waals surface area contributed by atoms with E-state index in [1.54, 1.807) is 0 Å². The minimum Gasteiger partial charge on any atom is -0.466 e. The van der Waals surface area contributed by atoms with Gasteiger partial charge in [-0.1, -0.05) is 105 Å². The second kappa shape index (κ2) is 18.7. The number of methoxy groups -OCH3 is 1. The lowest BCUT2D eigenvalue weighted by molar-refractivity contribution is -0.137. The molecule has 4 heteroatoms. The summed E-state index contributed by atoms with van der Waals surface area (Å²) >= 11 is 0. The van der Waals surface area contributed by atoms with Gasteiger partial charge in [-0.05, 0) is 43.5 Å². The lowest BCUT2D eigenvalue weighted by atomic mass is 10.0. The summed E-state index contributed by atoms with van der Waals surface area (Å²) < 4.78 is 11.8. The number of allylic oxidation sites excluding steroid dienone is 1. The van der Waals surface area contributed by atoms with Gasteiger partial charge in [0.05, 0.1) is 18.8 Å². The molecule has 0 spiro atoms. The van der Waals surface area contributed by atoms with Crippen LogP contribution in [0, 0.1) is 0 Å². The summed E-state index contributed by atoms with van der Waals surface area (Å²) in [6.07, 6.45) is 17.2. The van der Waals surface area contributed by atoms with Gasteiger partial charge in [-0.2, -0.15) is 0 Å². The third-order valence-corrected chi connectivity index (χ3v) is 11.2. The maximum absolute atomic E-state index is 12.5. The molecule has 0 aromatic carbocycles. The molecule has 0 bridgehead atoms. The van der Waals surface area contributed by atoms with Crippen LogP contribution in [-0.2, 0) is 14.0 Å². The molecule has 0 heterocycles. The normalized spacial score (nSPS) is 13.3. The summed E-state index contributed by atoms with van der Waals surface area (Å²) in [5, 5.41) is 0. The Balaban J connectivity index is 4.61. The molecule has 0 aliphatic carbocycles. The van der Waals surface area contributed by atoms with Gasteiger partial charge in [0.1, 0.15) is 0 Å². The molecule has 0 amide bonds. The van der Waals surface area contributed by atoms with Crippen molar-refractivity contribution in [3.05, 3.63) is 23.8 Å². The van der Waals surface area contributed by atoms with E-state index in [-0.39, 0.29) is 12.1 Å². The Morgan fingerprint density at radius 1 is 0.839 bits per heavy atom. The Hall–Kier alpha value is -0.873. The lowest BCUT2D eigenvalue weighted by Crippen LogP contribution is -2.42. The van der Waals surface area contributed by atoms with Crippen LogP contribution in [0.25, 0.3) is 0 Å². The zero-order valence-corrected chi connectivity index (χ0v) is 22.7. The number of carbonyl (C=O) groups excluding carboxylic acids is 1. The van der Waals surface area contributed by atoms with Gasteiger partial charge in [0.25, 0.3) is 0 Å². The van der Waals surface area contributed by atoms with Crippen LogP contribution < -0.4 is 0 Å². The molecule has 0 fully saturated rings. The Morgan fingerprint density at radius 3 is 1.68 bits per heavy atom. The molecule has 0 aliphatic heterocycles. The highest BCUT2D eigenvalue weighted by Gasteiger charge is 2.35. The molecule has 0 aromatic heterocycles. The van der Waals surface area contributed by atoms with Gasteiger partial charge < -0.3 is 9.16 Å². The van der Waals surface area contributed by atoms with E-state index in [9.17, 15) is 4.79 Å². The molecular formula is C27H52O3Si. The molecule has 0 aromatic rings. The van der Waals surface area contributed by atoms with Crippen LogP contribution in [0.1, 0.15) is 112 Å². The third-order valence-electron chi connectivity index (χ3n) is 6.62. The van der Waals surface area contributed by atoms with E-state index in [4.69, 9.17) is 9.16 Å². The maximum atomic E-state index is 12.5. The van der Waals surface area contributed by atoms with Crippen molar-refractivity contribution >= 4 is 14.3 Å². The Morgan fingerprint density at radius 2 is 1.29 bits per heavy atom. The van der Waals surface area contributed by atoms with Gasteiger partial charge in [0.2, 0.25) is 0 Å². The highest BCUT2D eigenvalue weighted by molar-refractivity contribution is 6.73. The number of ether oxygens (including phenoxy) is 1. The Bertz CT molecular complexity index is 500. The number of hydrogen-bond donors (Lipinski definition) is 0. The van der Waals surface area contributed by atoms with Gasteiger partial charge in [0.15, 0.2) is 8.32 Å². The third kappa shape index (κ3) is 12.7. The molecule has 1 atom stereocenters. The predicted octanol–water partition coefficient (Wildman–Crippen LogP) is 8.75. The van der Waals surface area contributed by atoms with E-state index in [0.29, 0.717) is 5.57 Å². The molecule has 0 N–H and O–H groups in total. The minimum atomic E-state index is -1.86. The van der Waals surface area contributed by atoms with Crippen LogP contribution in [-0.4, -0.2) is 27.5 Å².